The van der Waals surface area contributed by atoms with Gasteiger partial charge in [0, 0.05) is 22.9 Å². The molecule has 21 heavy (non-hydrogen) atoms. The molecule has 1 aromatic rings. The van der Waals surface area contributed by atoms with Crippen molar-refractivity contribution in [3.8, 4) is 0 Å². The van der Waals surface area contributed by atoms with Crippen LogP contribution in [0.4, 0.5) is 0 Å². The fraction of sp³-hybridized carbons (Fsp3) is 0.500. The fourth-order valence-corrected chi connectivity index (χ4v) is 6.84. The Balaban J connectivity index is 2.43. The predicted molar refractivity (Wildman–Crippen MR) is 85.7 cm³/mol. The van der Waals surface area contributed by atoms with Crippen molar-refractivity contribution < 1.29 is 16.8 Å². The Morgan fingerprint density at radius 1 is 1.43 bits per heavy atom. The molecule has 1 fully saturated rings. The fourth-order valence-electron chi connectivity index (χ4n) is 2.30. The van der Waals surface area contributed by atoms with Crippen molar-refractivity contribution in [1.29, 1.82) is 0 Å². The molecule has 0 aromatic heterocycles. The molecule has 1 saturated heterocycles. The van der Waals surface area contributed by atoms with E-state index >= 15 is 0 Å². The first-order chi connectivity index (χ1) is 9.67. The quantitative estimate of drug-likeness (QED) is 0.707. The Morgan fingerprint density at radius 3 is 2.67 bits per heavy atom. The Kier molecular flexibility index (Phi) is 5.04. The third-order valence-electron chi connectivity index (χ3n) is 3.35. The van der Waals surface area contributed by atoms with Crippen LogP contribution >= 0.6 is 27.5 Å². The van der Waals surface area contributed by atoms with E-state index < -0.39 is 25.9 Å². The molecule has 1 atom stereocenters. The van der Waals surface area contributed by atoms with Crippen molar-refractivity contribution in [3.05, 3.63) is 28.2 Å². The second-order valence-electron chi connectivity index (χ2n) is 4.98. The van der Waals surface area contributed by atoms with E-state index in [4.69, 9.17) is 11.6 Å². The van der Waals surface area contributed by atoms with E-state index in [1.165, 1.54) is 10.4 Å². The summed E-state index contributed by atoms with van der Waals surface area (Å²) in [5.74, 6) is -0.0951. The molecule has 0 aliphatic carbocycles. The summed E-state index contributed by atoms with van der Waals surface area (Å²) in [7, 11) is -6.93. The Morgan fingerprint density at radius 2 is 2.10 bits per heavy atom. The topological polar surface area (TPSA) is 71.5 Å². The number of benzene rings is 1. The molecule has 1 unspecified atom stereocenters. The van der Waals surface area contributed by atoms with Gasteiger partial charge in [-0.2, -0.15) is 4.31 Å². The van der Waals surface area contributed by atoms with Crippen LogP contribution < -0.4 is 0 Å². The van der Waals surface area contributed by atoms with Crippen LogP contribution in [-0.4, -0.2) is 45.2 Å². The first-order valence-electron chi connectivity index (χ1n) is 6.24. The summed E-state index contributed by atoms with van der Waals surface area (Å²) < 4.78 is 50.4. The molecule has 0 saturated carbocycles. The van der Waals surface area contributed by atoms with Gasteiger partial charge in [-0.05, 0) is 40.5 Å². The Labute approximate surface area is 138 Å². The van der Waals surface area contributed by atoms with Crippen LogP contribution in [0.3, 0.4) is 0 Å². The number of hydrogen-bond donors (Lipinski definition) is 0. The second kappa shape index (κ2) is 6.16. The summed E-state index contributed by atoms with van der Waals surface area (Å²) in [6, 6.07) is 4.30. The highest BCUT2D eigenvalue weighted by molar-refractivity contribution is 9.10. The number of hydrogen-bond acceptors (Lipinski definition) is 4. The minimum atomic E-state index is -3.76. The largest absolute Gasteiger partial charge is 0.244 e. The smallest absolute Gasteiger partial charge is 0.229 e. The molecule has 0 amide bonds. The molecular formula is C12H15BrClNO4S2. The van der Waals surface area contributed by atoms with Gasteiger partial charge in [0.2, 0.25) is 10.0 Å². The van der Waals surface area contributed by atoms with Crippen LogP contribution in [0.2, 0.25) is 0 Å². The van der Waals surface area contributed by atoms with Crippen LogP contribution in [0.1, 0.15) is 12.5 Å². The SMILES string of the molecule is CC1CS(=O)(=O)CCN1S(=O)(=O)c1cc(CCl)ccc1Br. The van der Waals surface area contributed by atoms with Gasteiger partial charge in [-0.3, -0.25) is 0 Å². The highest BCUT2D eigenvalue weighted by Gasteiger charge is 2.37. The average molecular weight is 417 g/mol. The van der Waals surface area contributed by atoms with Gasteiger partial charge in [0.05, 0.1) is 16.4 Å². The maximum Gasteiger partial charge on any atom is 0.244 e. The summed E-state index contributed by atoms with van der Waals surface area (Å²) in [6.07, 6.45) is 0. The first kappa shape index (κ1) is 17.2. The summed E-state index contributed by atoms with van der Waals surface area (Å²) in [6.45, 7) is 1.58. The van der Waals surface area contributed by atoms with Gasteiger partial charge in [0.1, 0.15) is 0 Å². The van der Waals surface area contributed by atoms with E-state index in [1.807, 2.05) is 0 Å². The molecule has 9 heteroatoms. The summed E-state index contributed by atoms with van der Waals surface area (Å²) in [4.78, 5) is 0.117. The number of alkyl halides is 1. The van der Waals surface area contributed by atoms with Gasteiger partial charge in [-0.15, -0.1) is 11.6 Å². The van der Waals surface area contributed by atoms with E-state index in [2.05, 4.69) is 15.9 Å². The molecule has 5 nitrogen and oxygen atoms in total. The number of sulfonamides is 1. The Bertz CT molecular complexity index is 749. The maximum absolute atomic E-state index is 12.8. The molecule has 0 spiro atoms. The molecule has 2 rings (SSSR count). The lowest BCUT2D eigenvalue weighted by Crippen LogP contribution is -2.49. The summed E-state index contributed by atoms with van der Waals surface area (Å²) >= 11 is 8.99. The van der Waals surface area contributed by atoms with Gasteiger partial charge in [-0.1, -0.05) is 6.07 Å². The van der Waals surface area contributed by atoms with Crippen molar-refractivity contribution in [2.24, 2.45) is 0 Å². The number of nitrogens with zero attached hydrogens (tertiary/aromatic N) is 1. The molecule has 1 aliphatic rings. The van der Waals surface area contributed by atoms with E-state index in [0.29, 0.717) is 10.0 Å². The van der Waals surface area contributed by atoms with Gasteiger partial charge < -0.3 is 0 Å². The lowest BCUT2D eigenvalue weighted by Gasteiger charge is -2.32. The van der Waals surface area contributed by atoms with Gasteiger partial charge in [-0.25, -0.2) is 16.8 Å². The molecular weight excluding hydrogens is 402 g/mol. The van der Waals surface area contributed by atoms with Crippen molar-refractivity contribution in [3.63, 3.8) is 0 Å². The van der Waals surface area contributed by atoms with Crippen LogP contribution in [0.25, 0.3) is 0 Å². The third kappa shape index (κ3) is 3.61. The predicted octanol–water partition coefficient (Wildman–Crippen LogP) is 2.00. The highest BCUT2D eigenvalue weighted by Crippen LogP contribution is 2.29. The number of halogens is 2. The highest BCUT2D eigenvalue weighted by atomic mass is 79.9. The molecule has 1 aromatic carbocycles. The van der Waals surface area contributed by atoms with Crippen molar-refractivity contribution in [1.82, 2.24) is 4.31 Å². The van der Waals surface area contributed by atoms with Crippen molar-refractivity contribution in [2.75, 3.05) is 18.1 Å². The first-order valence-corrected chi connectivity index (χ1v) is 10.8. The monoisotopic (exact) mass is 415 g/mol. The van der Waals surface area contributed by atoms with E-state index in [-0.39, 0.29) is 28.8 Å². The minimum absolute atomic E-state index is 0.0244. The number of sulfone groups is 1. The molecule has 1 heterocycles. The third-order valence-corrected chi connectivity index (χ3v) is 8.46. The zero-order valence-corrected chi connectivity index (χ0v) is 15.3. The molecule has 0 N–H and O–H groups in total. The van der Waals surface area contributed by atoms with Crippen LogP contribution in [0.15, 0.2) is 27.6 Å². The molecule has 0 bridgehead atoms. The lowest BCUT2D eigenvalue weighted by atomic mass is 10.2. The van der Waals surface area contributed by atoms with Gasteiger partial charge in [0.25, 0.3) is 0 Å². The second-order valence-corrected chi connectivity index (χ2v) is 10.2. The molecule has 118 valence electrons. The standard InChI is InChI=1S/C12H15BrClNO4S2/c1-9-8-20(16,17)5-4-15(9)21(18,19)12-6-10(7-14)2-3-11(12)13/h2-3,6,9H,4-5,7-8H2,1H3. The van der Waals surface area contributed by atoms with Gasteiger partial charge >= 0.3 is 0 Å². The normalized spacial score (nSPS) is 23.1. The maximum atomic E-state index is 12.8. The van der Waals surface area contributed by atoms with Gasteiger partial charge in [0.15, 0.2) is 9.84 Å². The van der Waals surface area contributed by atoms with Crippen molar-refractivity contribution >= 4 is 47.4 Å². The average Bonchev–Trinajstić information content (AvgIpc) is 2.37. The summed E-state index contributed by atoms with van der Waals surface area (Å²) in [5.41, 5.74) is 0.690. The zero-order valence-electron chi connectivity index (χ0n) is 11.3. The Hall–Kier alpha value is -0.150. The van der Waals surface area contributed by atoms with E-state index in [1.54, 1.807) is 19.1 Å². The zero-order chi connectivity index (χ0) is 15.8. The van der Waals surface area contributed by atoms with E-state index in [9.17, 15) is 16.8 Å². The molecule has 1 aliphatic heterocycles. The van der Waals surface area contributed by atoms with Crippen LogP contribution in [0.5, 0.6) is 0 Å². The minimum Gasteiger partial charge on any atom is -0.229 e. The van der Waals surface area contributed by atoms with Crippen molar-refractivity contribution in [2.45, 2.75) is 23.7 Å². The lowest BCUT2D eigenvalue weighted by molar-refractivity contribution is 0.356. The van der Waals surface area contributed by atoms with E-state index in [0.717, 1.165) is 0 Å². The summed E-state index contributed by atoms with van der Waals surface area (Å²) in [5, 5.41) is 0. The number of rotatable bonds is 3. The van der Waals surface area contributed by atoms with Crippen LogP contribution in [-0.2, 0) is 25.7 Å². The molecule has 0 radical (unpaired) electrons. The van der Waals surface area contributed by atoms with Crippen LogP contribution in [0, 0.1) is 0 Å².